The summed E-state index contributed by atoms with van der Waals surface area (Å²) in [4.78, 5) is 11.8. The van der Waals surface area contributed by atoms with Gasteiger partial charge < -0.3 is 9.47 Å². The minimum Gasteiger partial charge on any atom is -0.496 e. The van der Waals surface area contributed by atoms with Crippen LogP contribution in [0.3, 0.4) is 0 Å². The van der Waals surface area contributed by atoms with Crippen molar-refractivity contribution >= 4 is 18.6 Å². The van der Waals surface area contributed by atoms with Crippen molar-refractivity contribution in [3.8, 4) is 11.8 Å². The predicted octanol–water partition coefficient (Wildman–Crippen LogP) is 1.64. The van der Waals surface area contributed by atoms with E-state index in [1.165, 1.54) is 26.4 Å². The number of nitrogens with zero attached hydrogens (tertiary/aromatic N) is 1. The first-order chi connectivity index (χ1) is 7.13. The van der Waals surface area contributed by atoms with Gasteiger partial charge in [-0.2, -0.15) is 5.26 Å². The third kappa shape index (κ3) is 2.22. The van der Waals surface area contributed by atoms with E-state index >= 15 is 0 Å². The van der Waals surface area contributed by atoms with Crippen molar-refractivity contribution < 1.29 is 14.3 Å². The van der Waals surface area contributed by atoms with Gasteiger partial charge in [0.05, 0.1) is 25.3 Å². The lowest BCUT2D eigenvalue weighted by molar-refractivity contribution is 0.0600. The van der Waals surface area contributed by atoms with E-state index in [0.29, 0.717) is 10.6 Å². The van der Waals surface area contributed by atoms with Crippen LogP contribution >= 0.6 is 12.6 Å². The van der Waals surface area contributed by atoms with Crippen molar-refractivity contribution in [3.63, 3.8) is 0 Å². The molecule has 0 unspecified atom stereocenters. The third-order valence-corrected chi connectivity index (χ3v) is 2.19. The zero-order valence-electron chi connectivity index (χ0n) is 8.27. The van der Waals surface area contributed by atoms with Gasteiger partial charge in [-0.05, 0) is 12.1 Å². The molecule has 0 heterocycles. The van der Waals surface area contributed by atoms with Gasteiger partial charge in [-0.1, -0.05) is 0 Å². The molecule has 0 amide bonds. The van der Waals surface area contributed by atoms with Crippen LogP contribution in [0.2, 0.25) is 0 Å². The highest BCUT2D eigenvalue weighted by Gasteiger charge is 2.15. The number of carbonyl (C=O) groups is 1. The van der Waals surface area contributed by atoms with Crippen LogP contribution in [0.1, 0.15) is 15.9 Å². The molecule has 0 fully saturated rings. The second-order valence-electron chi connectivity index (χ2n) is 2.67. The first-order valence-corrected chi connectivity index (χ1v) is 4.48. The predicted molar refractivity (Wildman–Crippen MR) is 56.3 cm³/mol. The number of rotatable bonds is 2. The van der Waals surface area contributed by atoms with Gasteiger partial charge in [-0.15, -0.1) is 12.6 Å². The first-order valence-electron chi connectivity index (χ1n) is 4.03. The number of thiol groups is 1. The Hall–Kier alpha value is -1.67. The molecular weight excluding hydrogens is 214 g/mol. The van der Waals surface area contributed by atoms with Crippen LogP contribution in [0.4, 0.5) is 0 Å². The Morgan fingerprint density at radius 1 is 1.47 bits per heavy atom. The zero-order valence-corrected chi connectivity index (χ0v) is 9.17. The summed E-state index contributed by atoms with van der Waals surface area (Å²) < 4.78 is 9.53. The van der Waals surface area contributed by atoms with Crippen molar-refractivity contribution in [1.29, 1.82) is 5.26 Å². The topological polar surface area (TPSA) is 59.3 Å². The smallest absolute Gasteiger partial charge is 0.339 e. The van der Waals surface area contributed by atoms with E-state index in [-0.39, 0.29) is 11.1 Å². The molecule has 1 aromatic carbocycles. The number of hydrogen-bond donors (Lipinski definition) is 1. The highest BCUT2D eigenvalue weighted by molar-refractivity contribution is 7.80. The van der Waals surface area contributed by atoms with Gasteiger partial charge in [0.25, 0.3) is 0 Å². The molecular formula is C10H9NO3S. The van der Waals surface area contributed by atoms with Crippen molar-refractivity contribution in [2.45, 2.75) is 4.90 Å². The van der Waals surface area contributed by atoms with E-state index in [9.17, 15) is 4.79 Å². The number of esters is 1. The van der Waals surface area contributed by atoms with Gasteiger partial charge in [-0.25, -0.2) is 4.79 Å². The zero-order chi connectivity index (χ0) is 11.4. The molecule has 0 atom stereocenters. The maximum Gasteiger partial charge on any atom is 0.339 e. The lowest BCUT2D eigenvalue weighted by Gasteiger charge is -2.07. The molecule has 0 aliphatic heterocycles. The number of benzene rings is 1. The number of nitriles is 1. The second kappa shape index (κ2) is 4.71. The molecule has 1 rings (SSSR count). The van der Waals surface area contributed by atoms with Gasteiger partial charge in [0, 0.05) is 4.90 Å². The summed E-state index contributed by atoms with van der Waals surface area (Å²) >= 11 is 4.12. The molecule has 0 N–H and O–H groups in total. The van der Waals surface area contributed by atoms with Crippen LogP contribution < -0.4 is 4.74 Å². The minimum absolute atomic E-state index is 0.176. The summed E-state index contributed by atoms with van der Waals surface area (Å²) in [5, 5.41) is 8.82. The SMILES string of the molecule is COC(=O)c1cc(OC)c(S)cc1C#N. The maximum absolute atomic E-state index is 11.3. The Balaban J connectivity index is 3.37. The fourth-order valence-electron chi connectivity index (χ4n) is 1.10. The van der Waals surface area contributed by atoms with E-state index in [1.54, 1.807) is 0 Å². The normalized spacial score (nSPS) is 9.20. The van der Waals surface area contributed by atoms with Gasteiger partial charge in [0.2, 0.25) is 0 Å². The molecule has 0 spiro atoms. The average molecular weight is 223 g/mol. The summed E-state index contributed by atoms with van der Waals surface area (Å²) in [5.74, 6) is -0.143. The van der Waals surface area contributed by atoms with Crippen molar-refractivity contribution in [2.24, 2.45) is 0 Å². The van der Waals surface area contributed by atoms with Crippen LogP contribution in [0.15, 0.2) is 17.0 Å². The van der Waals surface area contributed by atoms with Gasteiger partial charge in [0.15, 0.2) is 0 Å². The van der Waals surface area contributed by atoms with Crippen LogP contribution in [-0.2, 0) is 4.74 Å². The Morgan fingerprint density at radius 3 is 2.60 bits per heavy atom. The summed E-state index contributed by atoms with van der Waals surface area (Å²) in [6, 6.07) is 4.80. The van der Waals surface area contributed by atoms with Gasteiger partial charge in [-0.3, -0.25) is 0 Å². The monoisotopic (exact) mass is 223 g/mol. The summed E-state index contributed by atoms with van der Waals surface area (Å²) in [6.45, 7) is 0. The van der Waals surface area contributed by atoms with E-state index in [0.717, 1.165) is 0 Å². The Bertz CT molecular complexity index is 437. The molecule has 0 bridgehead atoms. The fourth-order valence-corrected chi connectivity index (χ4v) is 1.39. The fraction of sp³-hybridized carbons (Fsp3) is 0.200. The largest absolute Gasteiger partial charge is 0.496 e. The van der Waals surface area contributed by atoms with Gasteiger partial charge in [0.1, 0.15) is 11.8 Å². The van der Waals surface area contributed by atoms with Gasteiger partial charge >= 0.3 is 5.97 Å². The lowest BCUT2D eigenvalue weighted by atomic mass is 10.1. The van der Waals surface area contributed by atoms with Crippen LogP contribution in [0, 0.1) is 11.3 Å². The standard InChI is InChI=1S/C10H9NO3S/c1-13-8-4-7(10(12)14-2)6(5-11)3-9(8)15/h3-4,15H,1-2H3. The van der Waals surface area contributed by atoms with Crippen LogP contribution in [0.25, 0.3) is 0 Å². The third-order valence-electron chi connectivity index (χ3n) is 1.84. The van der Waals surface area contributed by atoms with E-state index < -0.39 is 5.97 Å². The Morgan fingerprint density at radius 2 is 2.13 bits per heavy atom. The number of carbonyl (C=O) groups excluding carboxylic acids is 1. The molecule has 0 aliphatic carbocycles. The maximum atomic E-state index is 11.3. The molecule has 1 aromatic rings. The highest BCUT2D eigenvalue weighted by atomic mass is 32.1. The summed E-state index contributed by atoms with van der Waals surface area (Å²) in [7, 11) is 2.72. The van der Waals surface area contributed by atoms with Crippen LogP contribution in [-0.4, -0.2) is 20.2 Å². The molecule has 0 radical (unpaired) electrons. The summed E-state index contributed by atoms with van der Waals surface area (Å²) in [6.07, 6.45) is 0. The lowest BCUT2D eigenvalue weighted by Crippen LogP contribution is -2.05. The average Bonchev–Trinajstić information content (AvgIpc) is 2.27. The number of ether oxygens (including phenoxy) is 2. The molecule has 78 valence electrons. The molecule has 0 saturated heterocycles. The van der Waals surface area contributed by atoms with Crippen molar-refractivity contribution in [2.75, 3.05) is 14.2 Å². The molecule has 4 nitrogen and oxygen atoms in total. The first kappa shape index (κ1) is 11.4. The highest BCUT2D eigenvalue weighted by Crippen LogP contribution is 2.26. The van der Waals surface area contributed by atoms with Crippen molar-refractivity contribution in [1.82, 2.24) is 0 Å². The van der Waals surface area contributed by atoms with Crippen molar-refractivity contribution in [3.05, 3.63) is 23.3 Å². The van der Waals surface area contributed by atoms with E-state index in [4.69, 9.17) is 10.00 Å². The van der Waals surface area contributed by atoms with E-state index in [1.807, 2.05) is 6.07 Å². The summed E-state index contributed by atoms with van der Waals surface area (Å²) in [5.41, 5.74) is 0.391. The minimum atomic E-state index is -0.571. The molecule has 0 saturated carbocycles. The second-order valence-corrected chi connectivity index (χ2v) is 3.15. The Kier molecular flexibility index (Phi) is 3.58. The number of hydrogen-bond acceptors (Lipinski definition) is 5. The van der Waals surface area contributed by atoms with E-state index in [2.05, 4.69) is 17.4 Å². The molecule has 15 heavy (non-hydrogen) atoms. The molecule has 5 heteroatoms. The molecule has 0 aliphatic rings. The quantitative estimate of drug-likeness (QED) is 0.611. The number of methoxy groups -OCH3 is 2. The Labute approximate surface area is 92.8 Å². The molecule has 0 aromatic heterocycles. The van der Waals surface area contributed by atoms with Crippen LogP contribution in [0.5, 0.6) is 5.75 Å².